The molecule has 7 heavy (non-hydrogen) atoms. The van der Waals surface area contributed by atoms with Crippen molar-refractivity contribution in [2.24, 2.45) is 0 Å². The molecule has 0 saturated carbocycles. The first-order chi connectivity index (χ1) is 3.31. The average Bonchev–Trinajstić information content (AvgIpc) is 1.68. The minimum Gasteiger partial charge on any atom is -0.349 e. The Morgan fingerprint density at radius 3 is 2.14 bits per heavy atom. The maximum absolute atomic E-state index is 2.31. The molecule has 0 spiro atoms. The summed E-state index contributed by atoms with van der Waals surface area (Å²) in [5, 5.41) is 0. The fraction of sp³-hybridized carbons (Fsp3) is 1.00. The molecule has 0 heterocycles. The second-order valence-electron chi connectivity index (χ2n) is 1.90. The molecule has 0 unspecified atom stereocenters. The Bertz CT molecular complexity index is 39.1. The van der Waals surface area contributed by atoms with Crippen LogP contribution in [0.2, 0.25) is 0 Å². The molecule has 0 aliphatic rings. The van der Waals surface area contributed by atoms with E-state index in [-0.39, 0.29) is 0 Å². The van der Waals surface area contributed by atoms with Gasteiger partial charge in [-0.05, 0) is 19.5 Å². The molecule has 0 aromatic rings. The summed E-state index contributed by atoms with van der Waals surface area (Å²) in [6.45, 7) is 6.78. The summed E-state index contributed by atoms with van der Waals surface area (Å²) in [6.07, 6.45) is 1.27. The van der Waals surface area contributed by atoms with Crippen LogP contribution < -0.4 is 0 Å². The van der Waals surface area contributed by atoms with Crippen LogP contribution in [0.4, 0.5) is 0 Å². The molecular formula is C5H14BN. The summed E-state index contributed by atoms with van der Waals surface area (Å²) in [4.78, 5) is 2.31. The van der Waals surface area contributed by atoms with Gasteiger partial charge >= 0.3 is 0 Å². The standard InChI is InChI=1S/C5H14BN/c1-3-5-7(6)4-2/h3-6H2,1-2H3. The molecule has 0 atom stereocenters. The van der Waals surface area contributed by atoms with Gasteiger partial charge < -0.3 is 4.81 Å². The summed E-state index contributed by atoms with van der Waals surface area (Å²) >= 11 is 0. The highest BCUT2D eigenvalue weighted by molar-refractivity contribution is 6.04. The van der Waals surface area contributed by atoms with Crippen LogP contribution >= 0.6 is 0 Å². The van der Waals surface area contributed by atoms with E-state index in [2.05, 4.69) is 26.6 Å². The fourth-order valence-electron chi connectivity index (χ4n) is 0.540. The van der Waals surface area contributed by atoms with Gasteiger partial charge in [0, 0.05) is 0 Å². The van der Waals surface area contributed by atoms with Gasteiger partial charge in [-0.25, -0.2) is 0 Å². The minimum atomic E-state index is 1.17. The topological polar surface area (TPSA) is 3.24 Å². The van der Waals surface area contributed by atoms with Crippen molar-refractivity contribution in [3.63, 3.8) is 0 Å². The Kier molecular flexibility index (Phi) is 4.21. The SMILES string of the molecule is BN(CC)CCC. The number of hydrogen-bond acceptors (Lipinski definition) is 1. The van der Waals surface area contributed by atoms with Crippen LogP contribution in [0.3, 0.4) is 0 Å². The normalized spacial score (nSPS) is 10.1. The first-order valence-electron chi connectivity index (χ1n) is 2.99. The third-order valence-electron chi connectivity index (χ3n) is 1.15. The van der Waals surface area contributed by atoms with Gasteiger partial charge in [0.15, 0.2) is 7.98 Å². The van der Waals surface area contributed by atoms with E-state index in [4.69, 9.17) is 0 Å². The number of rotatable bonds is 3. The first-order valence-corrected chi connectivity index (χ1v) is 2.99. The highest BCUT2D eigenvalue weighted by Gasteiger charge is 1.86. The molecule has 0 amide bonds. The van der Waals surface area contributed by atoms with E-state index in [0.717, 1.165) is 0 Å². The molecule has 0 N–H and O–H groups in total. The maximum atomic E-state index is 2.31. The molecule has 0 saturated heterocycles. The zero-order chi connectivity index (χ0) is 5.70. The predicted molar refractivity (Wildman–Crippen MR) is 36.1 cm³/mol. The molecule has 42 valence electrons. The fourth-order valence-corrected chi connectivity index (χ4v) is 0.540. The summed E-state index contributed by atoms with van der Waals surface area (Å²) in [7, 11) is 2.14. The maximum Gasteiger partial charge on any atom is 0.185 e. The van der Waals surface area contributed by atoms with Crippen LogP contribution in [-0.2, 0) is 0 Å². The molecule has 0 aliphatic carbocycles. The van der Waals surface area contributed by atoms with Gasteiger partial charge in [-0.15, -0.1) is 0 Å². The Hall–Kier alpha value is 0.0249. The van der Waals surface area contributed by atoms with E-state index in [1.807, 2.05) is 0 Å². The first kappa shape index (κ1) is 7.02. The second kappa shape index (κ2) is 4.19. The Labute approximate surface area is 47.1 Å². The summed E-state index contributed by atoms with van der Waals surface area (Å²) in [5.74, 6) is 0. The van der Waals surface area contributed by atoms with Gasteiger partial charge in [-0.1, -0.05) is 13.8 Å². The third kappa shape index (κ3) is 3.87. The van der Waals surface area contributed by atoms with Crippen LogP contribution in [-0.4, -0.2) is 25.9 Å². The molecule has 0 aliphatic heterocycles. The second-order valence-corrected chi connectivity index (χ2v) is 1.90. The lowest BCUT2D eigenvalue weighted by Gasteiger charge is -2.10. The van der Waals surface area contributed by atoms with Crippen molar-refractivity contribution < 1.29 is 0 Å². The largest absolute Gasteiger partial charge is 0.349 e. The van der Waals surface area contributed by atoms with E-state index < -0.39 is 0 Å². The van der Waals surface area contributed by atoms with Gasteiger partial charge in [-0.3, -0.25) is 0 Å². The highest BCUT2D eigenvalue weighted by atomic mass is 15.0. The van der Waals surface area contributed by atoms with Gasteiger partial charge in [0.1, 0.15) is 0 Å². The molecule has 0 fully saturated rings. The third-order valence-corrected chi connectivity index (χ3v) is 1.15. The number of hydrogen-bond donors (Lipinski definition) is 0. The molecule has 1 nitrogen and oxygen atoms in total. The van der Waals surface area contributed by atoms with Gasteiger partial charge in [0.05, 0.1) is 0 Å². The van der Waals surface area contributed by atoms with E-state index in [9.17, 15) is 0 Å². The Morgan fingerprint density at radius 2 is 2.00 bits per heavy atom. The number of nitrogens with zero attached hydrogens (tertiary/aromatic N) is 1. The molecule has 0 bridgehead atoms. The van der Waals surface area contributed by atoms with Crippen molar-refractivity contribution in [2.45, 2.75) is 20.3 Å². The molecular weight excluding hydrogens is 84.9 g/mol. The van der Waals surface area contributed by atoms with E-state index in [1.54, 1.807) is 0 Å². The molecule has 0 radical (unpaired) electrons. The average molecular weight is 99.0 g/mol. The molecule has 0 aromatic carbocycles. The lowest BCUT2D eigenvalue weighted by Crippen LogP contribution is -2.19. The van der Waals surface area contributed by atoms with Crippen molar-refractivity contribution in [1.29, 1.82) is 0 Å². The predicted octanol–water partition coefficient (Wildman–Crippen LogP) is 0.266. The van der Waals surface area contributed by atoms with E-state index in [0.29, 0.717) is 0 Å². The lowest BCUT2D eigenvalue weighted by atomic mass is 10.3. The van der Waals surface area contributed by atoms with Crippen LogP contribution in [0.15, 0.2) is 0 Å². The van der Waals surface area contributed by atoms with Crippen LogP contribution in [0.1, 0.15) is 20.3 Å². The summed E-state index contributed by atoms with van der Waals surface area (Å²) in [5.41, 5.74) is 0. The Balaban J connectivity index is 2.83. The smallest absolute Gasteiger partial charge is 0.185 e. The monoisotopic (exact) mass is 99.1 g/mol. The lowest BCUT2D eigenvalue weighted by molar-refractivity contribution is 0.476. The van der Waals surface area contributed by atoms with Crippen LogP contribution in [0, 0.1) is 0 Å². The van der Waals surface area contributed by atoms with Crippen molar-refractivity contribution >= 4 is 7.98 Å². The van der Waals surface area contributed by atoms with Crippen LogP contribution in [0.5, 0.6) is 0 Å². The van der Waals surface area contributed by atoms with Crippen molar-refractivity contribution in [2.75, 3.05) is 13.1 Å². The van der Waals surface area contributed by atoms with E-state index in [1.165, 1.54) is 19.5 Å². The molecule has 2 heteroatoms. The van der Waals surface area contributed by atoms with Gasteiger partial charge in [0.2, 0.25) is 0 Å². The van der Waals surface area contributed by atoms with E-state index >= 15 is 0 Å². The van der Waals surface area contributed by atoms with Crippen molar-refractivity contribution in [1.82, 2.24) is 4.81 Å². The molecule has 0 rings (SSSR count). The minimum absolute atomic E-state index is 1.17. The quantitative estimate of drug-likeness (QED) is 0.459. The zero-order valence-corrected chi connectivity index (χ0v) is 5.57. The van der Waals surface area contributed by atoms with Gasteiger partial charge in [0.25, 0.3) is 0 Å². The highest BCUT2D eigenvalue weighted by Crippen LogP contribution is 1.80. The van der Waals surface area contributed by atoms with Gasteiger partial charge in [-0.2, -0.15) is 0 Å². The van der Waals surface area contributed by atoms with Crippen molar-refractivity contribution in [3.05, 3.63) is 0 Å². The zero-order valence-electron chi connectivity index (χ0n) is 5.57. The molecule has 0 aromatic heterocycles. The summed E-state index contributed by atoms with van der Waals surface area (Å²) < 4.78 is 0. The Morgan fingerprint density at radius 1 is 1.43 bits per heavy atom. The summed E-state index contributed by atoms with van der Waals surface area (Å²) in [6, 6.07) is 0. The van der Waals surface area contributed by atoms with Crippen LogP contribution in [0.25, 0.3) is 0 Å². The van der Waals surface area contributed by atoms with Crippen molar-refractivity contribution in [3.8, 4) is 0 Å².